The van der Waals surface area contributed by atoms with E-state index in [9.17, 15) is 4.79 Å². The lowest BCUT2D eigenvalue weighted by atomic mass is 10.1. The van der Waals surface area contributed by atoms with Crippen LogP contribution in [0.1, 0.15) is 11.1 Å². The highest BCUT2D eigenvalue weighted by Crippen LogP contribution is 2.24. The van der Waals surface area contributed by atoms with Crippen molar-refractivity contribution < 1.29 is 9.21 Å². The Morgan fingerprint density at radius 1 is 1.33 bits per heavy atom. The van der Waals surface area contributed by atoms with E-state index >= 15 is 0 Å². The largest absolute Gasteiger partial charge is 0.411 e. The highest BCUT2D eigenvalue weighted by molar-refractivity contribution is 7.99. The molecule has 6 heteroatoms. The van der Waals surface area contributed by atoms with Crippen molar-refractivity contribution >= 4 is 17.7 Å². The van der Waals surface area contributed by atoms with Gasteiger partial charge in [-0.25, -0.2) is 0 Å². The summed E-state index contributed by atoms with van der Waals surface area (Å²) in [5.74, 6) is 2.82. The van der Waals surface area contributed by atoms with Crippen LogP contribution in [-0.4, -0.2) is 28.4 Å². The van der Waals surface area contributed by atoms with E-state index in [4.69, 9.17) is 10.8 Å². The predicted molar refractivity (Wildman–Crippen MR) is 81.8 cm³/mol. The summed E-state index contributed by atoms with van der Waals surface area (Å²) < 4.78 is 5.55. The number of carbonyl (C=O) groups is 1. The minimum Gasteiger partial charge on any atom is -0.411 e. The fourth-order valence-corrected chi connectivity index (χ4v) is 2.40. The number of hydrogen-bond acceptors (Lipinski definition) is 5. The van der Waals surface area contributed by atoms with Gasteiger partial charge in [-0.3, -0.25) is 4.79 Å². The minimum atomic E-state index is -0.163. The molecule has 1 aromatic carbocycles. The Bertz CT molecular complexity index is 668. The van der Waals surface area contributed by atoms with Gasteiger partial charge in [-0.2, -0.15) is 0 Å². The Kier molecular flexibility index (Phi) is 5.01. The summed E-state index contributed by atoms with van der Waals surface area (Å²) in [6.45, 7) is 4.24. The average Bonchev–Trinajstić information content (AvgIpc) is 2.90. The van der Waals surface area contributed by atoms with Crippen molar-refractivity contribution in [2.24, 2.45) is 0 Å². The van der Waals surface area contributed by atoms with Crippen molar-refractivity contribution in [3.05, 3.63) is 29.3 Å². The first-order valence-corrected chi connectivity index (χ1v) is 7.32. The molecule has 0 spiro atoms. The maximum absolute atomic E-state index is 11.4. The second-order valence-electron chi connectivity index (χ2n) is 4.52. The van der Waals surface area contributed by atoms with Crippen LogP contribution in [0.25, 0.3) is 11.5 Å². The molecule has 0 aliphatic carbocycles. The number of aryl methyl sites for hydroxylation is 2. The van der Waals surface area contributed by atoms with Crippen LogP contribution >= 0.6 is 11.8 Å². The number of carbonyl (C=O) groups excluding carboxylic acids is 1. The third-order valence-electron chi connectivity index (χ3n) is 2.59. The molecular formula is C15H15N3O2S. The SMILES string of the molecule is C#CCNC(=O)CSc1nnc(-c2cc(C)cc(C)c2)o1. The summed E-state index contributed by atoms with van der Waals surface area (Å²) in [7, 11) is 0. The molecule has 0 saturated carbocycles. The van der Waals surface area contributed by atoms with Crippen LogP contribution in [0.3, 0.4) is 0 Å². The van der Waals surface area contributed by atoms with Gasteiger partial charge >= 0.3 is 0 Å². The summed E-state index contributed by atoms with van der Waals surface area (Å²) in [6.07, 6.45) is 5.06. The first-order chi connectivity index (χ1) is 10.1. The Balaban J connectivity index is 2.01. The molecule has 0 radical (unpaired) electrons. The molecule has 0 saturated heterocycles. The van der Waals surface area contributed by atoms with Crippen LogP contribution in [0.4, 0.5) is 0 Å². The van der Waals surface area contributed by atoms with E-state index in [1.165, 1.54) is 11.8 Å². The molecule has 1 heterocycles. The first-order valence-electron chi connectivity index (χ1n) is 6.33. The Hall–Kier alpha value is -2.26. The third-order valence-corrected chi connectivity index (χ3v) is 3.41. The normalized spacial score (nSPS) is 10.1. The molecule has 21 heavy (non-hydrogen) atoms. The summed E-state index contributed by atoms with van der Waals surface area (Å²) >= 11 is 1.18. The van der Waals surface area contributed by atoms with Crippen molar-refractivity contribution in [2.45, 2.75) is 19.1 Å². The molecule has 2 aromatic rings. The van der Waals surface area contributed by atoms with E-state index in [1.807, 2.05) is 26.0 Å². The summed E-state index contributed by atoms with van der Waals surface area (Å²) in [4.78, 5) is 11.4. The number of hydrogen-bond donors (Lipinski definition) is 1. The maximum atomic E-state index is 11.4. The first kappa shape index (κ1) is 15.1. The van der Waals surface area contributed by atoms with Gasteiger partial charge in [0, 0.05) is 5.56 Å². The number of rotatable bonds is 5. The lowest BCUT2D eigenvalue weighted by molar-refractivity contribution is -0.118. The average molecular weight is 301 g/mol. The zero-order valence-corrected chi connectivity index (χ0v) is 12.7. The molecule has 0 fully saturated rings. The van der Waals surface area contributed by atoms with E-state index in [0.717, 1.165) is 16.7 Å². The van der Waals surface area contributed by atoms with Gasteiger partial charge in [-0.1, -0.05) is 34.9 Å². The fraction of sp³-hybridized carbons (Fsp3) is 0.267. The number of aromatic nitrogens is 2. The second-order valence-corrected chi connectivity index (χ2v) is 5.45. The number of nitrogens with zero attached hydrogens (tertiary/aromatic N) is 2. The van der Waals surface area contributed by atoms with Gasteiger partial charge < -0.3 is 9.73 Å². The molecule has 5 nitrogen and oxygen atoms in total. The molecule has 2 rings (SSSR count). The van der Waals surface area contributed by atoms with Gasteiger partial charge in [-0.15, -0.1) is 16.6 Å². The molecular weight excluding hydrogens is 286 g/mol. The Labute approximate surface area is 127 Å². The fourth-order valence-electron chi connectivity index (χ4n) is 1.81. The van der Waals surface area contributed by atoms with E-state index in [1.54, 1.807) is 0 Å². The highest BCUT2D eigenvalue weighted by atomic mass is 32.2. The Morgan fingerprint density at radius 3 is 2.71 bits per heavy atom. The van der Waals surface area contributed by atoms with Gasteiger partial charge in [0.1, 0.15) is 0 Å². The van der Waals surface area contributed by atoms with Gasteiger partial charge in [0.15, 0.2) is 0 Å². The topological polar surface area (TPSA) is 68.0 Å². The zero-order valence-electron chi connectivity index (χ0n) is 11.8. The van der Waals surface area contributed by atoms with Crippen molar-refractivity contribution in [1.29, 1.82) is 0 Å². The summed E-state index contributed by atoms with van der Waals surface area (Å²) in [5, 5.41) is 10.9. The third kappa shape index (κ3) is 4.36. The molecule has 108 valence electrons. The van der Waals surface area contributed by atoms with Gasteiger partial charge in [0.25, 0.3) is 5.22 Å². The van der Waals surface area contributed by atoms with Crippen molar-refractivity contribution in [3.63, 3.8) is 0 Å². The predicted octanol–water partition coefficient (Wildman–Crippen LogP) is 2.19. The molecule has 1 N–H and O–H groups in total. The lowest BCUT2D eigenvalue weighted by Crippen LogP contribution is -2.25. The maximum Gasteiger partial charge on any atom is 0.277 e. The quantitative estimate of drug-likeness (QED) is 0.677. The van der Waals surface area contributed by atoms with Crippen LogP contribution in [0.15, 0.2) is 27.8 Å². The molecule has 0 aliphatic rings. The van der Waals surface area contributed by atoms with Crippen LogP contribution in [0.5, 0.6) is 0 Å². The second kappa shape index (κ2) is 6.95. The van der Waals surface area contributed by atoms with Gasteiger partial charge in [0.2, 0.25) is 11.8 Å². The van der Waals surface area contributed by atoms with Crippen LogP contribution in [0, 0.1) is 26.2 Å². The Morgan fingerprint density at radius 2 is 2.05 bits per heavy atom. The molecule has 0 bridgehead atoms. The van der Waals surface area contributed by atoms with E-state index in [0.29, 0.717) is 11.1 Å². The molecule has 0 atom stereocenters. The monoisotopic (exact) mass is 301 g/mol. The minimum absolute atomic E-state index is 0.163. The standard InChI is InChI=1S/C15H15N3O2S/c1-4-5-16-13(19)9-21-15-18-17-14(20-15)12-7-10(2)6-11(3)8-12/h1,6-8H,5,9H2,2-3H3,(H,16,19). The van der Waals surface area contributed by atoms with E-state index < -0.39 is 0 Å². The molecule has 1 amide bonds. The number of nitrogens with one attached hydrogen (secondary N) is 1. The van der Waals surface area contributed by atoms with E-state index in [2.05, 4.69) is 27.5 Å². The van der Waals surface area contributed by atoms with Crippen molar-refractivity contribution in [1.82, 2.24) is 15.5 Å². The number of thioether (sulfide) groups is 1. The lowest BCUT2D eigenvalue weighted by Gasteiger charge is -2.00. The van der Waals surface area contributed by atoms with Crippen LogP contribution in [0.2, 0.25) is 0 Å². The van der Waals surface area contributed by atoms with Crippen LogP contribution in [-0.2, 0) is 4.79 Å². The summed E-state index contributed by atoms with van der Waals surface area (Å²) in [6, 6.07) is 6.04. The van der Waals surface area contributed by atoms with Crippen molar-refractivity contribution in [3.8, 4) is 23.8 Å². The van der Waals surface area contributed by atoms with Crippen molar-refractivity contribution in [2.75, 3.05) is 12.3 Å². The number of benzene rings is 1. The van der Waals surface area contributed by atoms with Gasteiger partial charge in [0.05, 0.1) is 12.3 Å². The molecule has 1 aromatic heterocycles. The zero-order chi connectivity index (χ0) is 15.2. The highest BCUT2D eigenvalue weighted by Gasteiger charge is 2.11. The smallest absolute Gasteiger partial charge is 0.277 e. The van der Waals surface area contributed by atoms with Gasteiger partial charge in [-0.05, 0) is 26.0 Å². The van der Waals surface area contributed by atoms with Crippen LogP contribution < -0.4 is 5.32 Å². The molecule has 0 unspecified atom stereocenters. The van der Waals surface area contributed by atoms with E-state index in [-0.39, 0.29) is 18.2 Å². The number of terminal acetylenes is 1. The number of amides is 1. The molecule has 0 aliphatic heterocycles. The summed E-state index contributed by atoms with van der Waals surface area (Å²) in [5.41, 5.74) is 3.14.